The molecule has 16 heavy (non-hydrogen) atoms. The van der Waals surface area contributed by atoms with Gasteiger partial charge < -0.3 is 0 Å². The monoisotopic (exact) mass is 326 g/mol. The first kappa shape index (κ1) is 13.3. The van der Waals surface area contributed by atoms with Crippen molar-refractivity contribution in [3.05, 3.63) is 27.7 Å². The molecule has 1 amide bonds. The van der Waals surface area contributed by atoms with Crippen LogP contribution in [0.3, 0.4) is 0 Å². The standard InChI is InChI=1S/C8H8BrClN2O3S/c1-5(13)11-16(14,15)12-6-2-3-8(10)7(9)4-6/h2-4,12H,1H3,(H,11,13). The Bertz CT molecular complexity index is 518. The van der Waals surface area contributed by atoms with E-state index in [0.29, 0.717) is 15.2 Å². The van der Waals surface area contributed by atoms with Crippen LogP contribution in [-0.2, 0) is 15.0 Å². The predicted molar refractivity (Wildman–Crippen MR) is 65.5 cm³/mol. The zero-order valence-electron chi connectivity index (χ0n) is 8.12. The van der Waals surface area contributed by atoms with Gasteiger partial charge in [0.15, 0.2) is 0 Å². The smallest absolute Gasteiger partial charge is 0.274 e. The van der Waals surface area contributed by atoms with Gasteiger partial charge in [0.2, 0.25) is 5.91 Å². The molecule has 1 aromatic carbocycles. The SMILES string of the molecule is CC(=O)NS(=O)(=O)Nc1ccc(Cl)c(Br)c1. The van der Waals surface area contributed by atoms with Gasteiger partial charge in [-0.25, -0.2) is 4.72 Å². The molecule has 0 bridgehead atoms. The molecule has 0 aliphatic rings. The van der Waals surface area contributed by atoms with Crippen molar-refractivity contribution < 1.29 is 13.2 Å². The van der Waals surface area contributed by atoms with Crippen LogP contribution < -0.4 is 9.44 Å². The number of carbonyl (C=O) groups is 1. The molecule has 5 nitrogen and oxygen atoms in total. The van der Waals surface area contributed by atoms with Crippen molar-refractivity contribution in [2.45, 2.75) is 6.92 Å². The molecule has 0 aromatic heterocycles. The molecule has 0 fully saturated rings. The Kier molecular flexibility index (Phi) is 4.17. The van der Waals surface area contributed by atoms with E-state index < -0.39 is 16.1 Å². The van der Waals surface area contributed by atoms with Gasteiger partial charge in [-0.1, -0.05) is 11.6 Å². The molecule has 0 radical (unpaired) electrons. The van der Waals surface area contributed by atoms with Gasteiger partial charge in [0.1, 0.15) is 0 Å². The lowest BCUT2D eigenvalue weighted by Gasteiger charge is -2.08. The highest BCUT2D eigenvalue weighted by Gasteiger charge is 2.11. The van der Waals surface area contributed by atoms with Gasteiger partial charge in [0.05, 0.1) is 10.7 Å². The van der Waals surface area contributed by atoms with Gasteiger partial charge in [-0.2, -0.15) is 8.42 Å². The summed E-state index contributed by atoms with van der Waals surface area (Å²) in [4.78, 5) is 10.6. The molecule has 0 unspecified atom stereocenters. The number of amides is 1. The quantitative estimate of drug-likeness (QED) is 0.890. The van der Waals surface area contributed by atoms with Crippen LogP contribution >= 0.6 is 27.5 Å². The highest BCUT2D eigenvalue weighted by atomic mass is 79.9. The molecule has 2 N–H and O–H groups in total. The molecule has 1 aromatic rings. The van der Waals surface area contributed by atoms with Gasteiger partial charge in [-0.05, 0) is 34.1 Å². The largest absolute Gasteiger partial charge is 0.323 e. The van der Waals surface area contributed by atoms with E-state index in [1.165, 1.54) is 18.2 Å². The number of hydrogen-bond donors (Lipinski definition) is 2. The van der Waals surface area contributed by atoms with E-state index >= 15 is 0 Å². The Labute approximate surface area is 106 Å². The number of anilines is 1. The number of benzene rings is 1. The Hall–Kier alpha value is -0.790. The number of rotatable bonds is 3. The van der Waals surface area contributed by atoms with Crippen LogP contribution in [-0.4, -0.2) is 14.3 Å². The number of hydrogen-bond acceptors (Lipinski definition) is 3. The van der Waals surface area contributed by atoms with E-state index in [-0.39, 0.29) is 0 Å². The van der Waals surface area contributed by atoms with E-state index in [4.69, 9.17) is 11.6 Å². The van der Waals surface area contributed by atoms with Crippen LogP contribution in [0, 0.1) is 0 Å². The number of nitrogens with one attached hydrogen (secondary N) is 2. The summed E-state index contributed by atoms with van der Waals surface area (Å²) in [5.74, 6) is -0.666. The van der Waals surface area contributed by atoms with Crippen molar-refractivity contribution in [2.24, 2.45) is 0 Å². The van der Waals surface area contributed by atoms with Crippen molar-refractivity contribution in [1.29, 1.82) is 0 Å². The molecular weight excluding hydrogens is 320 g/mol. The molecule has 0 spiro atoms. The minimum Gasteiger partial charge on any atom is -0.274 e. The lowest BCUT2D eigenvalue weighted by molar-refractivity contribution is -0.117. The van der Waals surface area contributed by atoms with Gasteiger partial charge in [-0.15, -0.1) is 0 Å². The molecule has 0 heterocycles. The summed E-state index contributed by atoms with van der Waals surface area (Å²) >= 11 is 8.89. The number of halogens is 2. The summed E-state index contributed by atoms with van der Waals surface area (Å²) in [7, 11) is -3.88. The third kappa shape index (κ3) is 3.99. The van der Waals surface area contributed by atoms with Crippen LogP contribution in [0.2, 0.25) is 5.02 Å². The molecule has 1 rings (SSSR count). The minimum absolute atomic E-state index is 0.296. The highest BCUT2D eigenvalue weighted by molar-refractivity contribution is 9.10. The molecule has 0 saturated carbocycles. The van der Waals surface area contributed by atoms with Gasteiger partial charge in [-0.3, -0.25) is 9.52 Å². The summed E-state index contributed by atoms with van der Waals surface area (Å²) in [6.45, 7) is 1.11. The second-order valence-corrected chi connectivity index (χ2v) is 5.57. The Morgan fingerprint density at radius 2 is 2.06 bits per heavy atom. The van der Waals surface area contributed by atoms with Crippen LogP contribution in [0.4, 0.5) is 5.69 Å². The fraction of sp³-hybridized carbons (Fsp3) is 0.125. The fourth-order valence-corrected chi connectivity index (χ4v) is 2.29. The molecule has 88 valence electrons. The van der Waals surface area contributed by atoms with E-state index in [9.17, 15) is 13.2 Å². The Morgan fingerprint density at radius 1 is 1.44 bits per heavy atom. The van der Waals surface area contributed by atoms with E-state index in [0.717, 1.165) is 6.92 Å². The van der Waals surface area contributed by atoms with Crippen molar-refractivity contribution in [3.63, 3.8) is 0 Å². The van der Waals surface area contributed by atoms with Gasteiger partial charge in [0.25, 0.3) is 0 Å². The molecular formula is C8H8BrClN2O3S. The Morgan fingerprint density at radius 3 is 2.56 bits per heavy atom. The van der Waals surface area contributed by atoms with Gasteiger partial charge in [0, 0.05) is 11.4 Å². The van der Waals surface area contributed by atoms with Crippen molar-refractivity contribution in [1.82, 2.24) is 4.72 Å². The minimum atomic E-state index is -3.88. The number of carbonyl (C=O) groups excluding carboxylic acids is 1. The fourth-order valence-electron chi connectivity index (χ4n) is 0.930. The molecule has 8 heteroatoms. The summed E-state index contributed by atoms with van der Waals surface area (Å²) in [5, 5.41) is 0.461. The average Bonchev–Trinajstić information content (AvgIpc) is 2.08. The van der Waals surface area contributed by atoms with Crippen molar-refractivity contribution in [2.75, 3.05) is 4.72 Å². The van der Waals surface area contributed by atoms with Gasteiger partial charge >= 0.3 is 10.2 Å². The predicted octanol–water partition coefficient (Wildman–Crippen LogP) is 1.90. The zero-order chi connectivity index (χ0) is 12.3. The third-order valence-corrected chi connectivity index (χ3v) is 3.72. The van der Waals surface area contributed by atoms with Crippen LogP contribution in [0.1, 0.15) is 6.92 Å². The maximum absolute atomic E-state index is 11.3. The highest BCUT2D eigenvalue weighted by Crippen LogP contribution is 2.25. The lowest BCUT2D eigenvalue weighted by atomic mass is 10.3. The van der Waals surface area contributed by atoms with Crippen LogP contribution in [0.5, 0.6) is 0 Å². The normalized spacial score (nSPS) is 10.9. The second-order valence-electron chi connectivity index (χ2n) is 2.89. The zero-order valence-corrected chi connectivity index (χ0v) is 11.3. The van der Waals surface area contributed by atoms with E-state index in [1.807, 2.05) is 0 Å². The first-order valence-corrected chi connectivity index (χ1v) is 6.72. The summed E-state index contributed by atoms with van der Waals surface area (Å²) in [6.07, 6.45) is 0. The maximum Gasteiger partial charge on any atom is 0.323 e. The molecule has 0 atom stereocenters. The second kappa shape index (κ2) is 5.03. The maximum atomic E-state index is 11.3. The summed E-state index contributed by atoms with van der Waals surface area (Å²) < 4.78 is 27.1. The molecule has 0 saturated heterocycles. The lowest BCUT2D eigenvalue weighted by Crippen LogP contribution is -2.33. The molecule has 0 aliphatic heterocycles. The summed E-state index contributed by atoms with van der Waals surface area (Å²) in [5.41, 5.74) is 0.296. The van der Waals surface area contributed by atoms with Crippen molar-refractivity contribution >= 4 is 49.3 Å². The van der Waals surface area contributed by atoms with Crippen LogP contribution in [0.25, 0.3) is 0 Å². The van der Waals surface area contributed by atoms with E-state index in [1.54, 1.807) is 4.72 Å². The molecule has 0 aliphatic carbocycles. The summed E-state index contributed by atoms with van der Waals surface area (Å²) in [6, 6.07) is 4.49. The topological polar surface area (TPSA) is 75.3 Å². The van der Waals surface area contributed by atoms with E-state index in [2.05, 4.69) is 20.7 Å². The van der Waals surface area contributed by atoms with Crippen LogP contribution in [0.15, 0.2) is 22.7 Å². The average molecular weight is 328 g/mol. The Balaban J connectivity index is 2.88. The third-order valence-electron chi connectivity index (χ3n) is 1.45. The van der Waals surface area contributed by atoms with Crippen molar-refractivity contribution in [3.8, 4) is 0 Å². The first-order valence-electron chi connectivity index (χ1n) is 4.06. The first-order chi connectivity index (χ1) is 7.30.